The lowest BCUT2D eigenvalue weighted by Gasteiger charge is -2.08. The molecule has 0 atom stereocenters. The van der Waals surface area contributed by atoms with Gasteiger partial charge in [0.25, 0.3) is 0 Å². The summed E-state index contributed by atoms with van der Waals surface area (Å²) in [6.45, 7) is -0.906. The smallest absolute Gasteiger partial charge is 0.137 e. The summed E-state index contributed by atoms with van der Waals surface area (Å²) in [4.78, 5) is 8.58. The maximum absolute atomic E-state index is 7.41. The van der Waals surface area contributed by atoms with E-state index in [0.717, 1.165) is 22.0 Å². The molecule has 104 valence electrons. The maximum Gasteiger partial charge on any atom is 0.137 e. The van der Waals surface area contributed by atoms with Crippen LogP contribution in [-0.2, 0) is 13.0 Å². The monoisotopic (exact) mass is 272 g/mol. The molecule has 1 aromatic carbocycles. The summed E-state index contributed by atoms with van der Waals surface area (Å²) in [6.07, 6.45) is 5.84. The van der Waals surface area contributed by atoms with Gasteiger partial charge in [0.1, 0.15) is 12.7 Å². The standard InChI is InChI=1S/C15H19N5/c1-19(2)6-5-13-8-17-15-4-3-12(7-14(13)15)9-20-11-16-10-18-20/h3-4,7-8,10-11,17H,5-6,9H2,1-2H3/i1D3. The molecule has 0 saturated heterocycles. The first kappa shape index (κ1) is 9.72. The van der Waals surface area contributed by atoms with Gasteiger partial charge < -0.3 is 9.88 Å². The Hall–Kier alpha value is -2.14. The topological polar surface area (TPSA) is 49.7 Å². The van der Waals surface area contributed by atoms with Gasteiger partial charge in [0.15, 0.2) is 0 Å². The number of fused-ring (bicyclic) bond motifs is 1. The van der Waals surface area contributed by atoms with E-state index in [4.69, 9.17) is 4.11 Å². The number of nitrogens with one attached hydrogen (secondary N) is 1. The Balaban J connectivity index is 1.78. The van der Waals surface area contributed by atoms with Gasteiger partial charge in [-0.05, 0) is 43.7 Å². The second kappa shape index (κ2) is 5.46. The Kier molecular flexibility index (Phi) is 2.65. The Morgan fingerprint density at radius 3 is 3.20 bits per heavy atom. The summed E-state index contributed by atoms with van der Waals surface area (Å²) in [5.74, 6) is 0. The molecule has 5 heteroatoms. The third-order valence-corrected chi connectivity index (χ3v) is 3.36. The van der Waals surface area contributed by atoms with E-state index < -0.39 is 6.98 Å². The molecule has 2 aromatic heterocycles. The number of nitrogens with zero attached hydrogens (tertiary/aromatic N) is 4. The van der Waals surface area contributed by atoms with E-state index in [0.29, 0.717) is 19.5 Å². The molecule has 0 amide bonds. The average molecular weight is 272 g/mol. The minimum absolute atomic E-state index is 0.483. The van der Waals surface area contributed by atoms with E-state index in [1.807, 2.05) is 12.3 Å². The van der Waals surface area contributed by atoms with E-state index in [9.17, 15) is 0 Å². The molecule has 0 spiro atoms. The quantitative estimate of drug-likeness (QED) is 0.772. The SMILES string of the molecule is [2H]C([2H])([2H])N(C)CCc1c[nH]c2ccc(Cn3cncn3)cc12. The van der Waals surface area contributed by atoms with Crippen LogP contribution in [0.1, 0.15) is 15.2 Å². The molecule has 0 unspecified atom stereocenters. The predicted octanol–water partition coefficient (Wildman–Crippen LogP) is 1.91. The van der Waals surface area contributed by atoms with Crippen molar-refractivity contribution >= 4 is 10.9 Å². The van der Waals surface area contributed by atoms with E-state index in [1.54, 1.807) is 18.1 Å². The molecule has 0 aliphatic heterocycles. The number of aromatic amines is 1. The molecule has 0 aliphatic carbocycles. The van der Waals surface area contributed by atoms with E-state index in [1.165, 1.54) is 11.2 Å². The zero-order chi connectivity index (χ0) is 16.4. The first-order chi connectivity index (χ1) is 10.9. The molecule has 1 N–H and O–H groups in total. The van der Waals surface area contributed by atoms with Gasteiger partial charge >= 0.3 is 0 Å². The lowest BCUT2D eigenvalue weighted by molar-refractivity contribution is 0.414. The molecule has 3 rings (SSSR count). The molecular formula is C15H19N5. The second-order valence-electron chi connectivity index (χ2n) is 4.96. The summed E-state index contributed by atoms with van der Waals surface area (Å²) in [5.41, 5.74) is 3.31. The van der Waals surface area contributed by atoms with Crippen LogP contribution in [0.25, 0.3) is 10.9 Å². The zero-order valence-electron chi connectivity index (χ0n) is 14.4. The van der Waals surface area contributed by atoms with Gasteiger partial charge in [-0.25, -0.2) is 9.67 Å². The van der Waals surface area contributed by atoms with Crippen molar-refractivity contribution in [2.24, 2.45) is 0 Å². The highest BCUT2D eigenvalue weighted by Gasteiger charge is 2.06. The van der Waals surface area contributed by atoms with Crippen LogP contribution in [0.4, 0.5) is 0 Å². The van der Waals surface area contributed by atoms with Crippen molar-refractivity contribution in [1.29, 1.82) is 0 Å². The van der Waals surface area contributed by atoms with Crippen LogP contribution in [0.2, 0.25) is 0 Å². The van der Waals surface area contributed by atoms with Crippen LogP contribution >= 0.6 is 0 Å². The van der Waals surface area contributed by atoms with Crippen LogP contribution in [0.5, 0.6) is 0 Å². The normalized spacial score (nSPS) is 14.4. The average Bonchev–Trinajstić information content (AvgIpc) is 3.13. The first-order valence-corrected chi connectivity index (χ1v) is 6.56. The Morgan fingerprint density at radius 2 is 2.40 bits per heavy atom. The number of rotatable bonds is 5. The van der Waals surface area contributed by atoms with Crippen molar-refractivity contribution in [1.82, 2.24) is 24.6 Å². The van der Waals surface area contributed by atoms with Gasteiger partial charge in [0.05, 0.1) is 6.54 Å². The summed E-state index contributed by atoms with van der Waals surface area (Å²) >= 11 is 0. The van der Waals surface area contributed by atoms with Crippen molar-refractivity contribution in [2.45, 2.75) is 13.0 Å². The molecule has 0 radical (unpaired) electrons. The number of H-pyrrole nitrogens is 1. The Bertz CT molecular complexity index is 776. The number of aromatic nitrogens is 4. The van der Waals surface area contributed by atoms with Crippen molar-refractivity contribution in [3.8, 4) is 0 Å². The first-order valence-electron chi connectivity index (χ1n) is 8.06. The van der Waals surface area contributed by atoms with E-state index >= 15 is 0 Å². The summed E-state index contributed by atoms with van der Waals surface area (Å²) in [6, 6.07) is 6.22. The fraction of sp³-hybridized carbons (Fsp3) is 0.333. The molecule has 2 heterocycles. The van der Waals surface area contributed by atoms with Crippen molar-refractivity contribution in [3.05, 3.63) is 48.2 Å². The fourth-order valence-electron chi connectivity index (χ4n) is 2.32. The summed E-state index contributed by atoms with van der Waals surface area (Å²) in [7, 11) is 1.62. The Labute approximate surface area is 122 Å². The second-order valence-corrected chi connectivity index (χ2v) is 4.96. The van der Waals surface area contributed by atoms with Gasteiger partial charge in [-0.15, -0.1) is 0 Å². The molecule has 3 aromatic rings. The minimum atomic E-state index is -2.05. The third-order valence-electron chi connectivity index (χ3n) is 3.36. The zero-order valence-corrected chi connectivity index (χ0v) is 11.4. The van der Waals surface area contributed by atoms with Gasteiger partial charge in [-0.1, -0.05) is 6.07 Å². The van der Waals surface area contributed by atoms with E-state index in [-0.39, 0.29) is 0 Å². The van der Waals surface area contributed by atoms with Crippen LogP contribution in [0, 0.1) is 0 Å². The fourth-order valence-corrected chi connectivity index (χ4v) is 2.32. The number of benzene rings is 1. The molecule has 0 bridgehead atoms. The molecule has 0 aliphatic rings. The van der Waals surface area contributed by atoms with Gasteiger partial charge in [0, 0.05) is 27.8 Å². The van der Waals surface area contributed by atoms with Gasteiger partial charge in [-0.3, -0.25) is 0 Å². The largest absolute Gasteiger partial charge is 0.361 e. The number of hydrogen-bond donors (Lipinski definition) is 1. The lowest BCUT2D eigenvalue weighted by atomic mass is 10.1. The van der Waals surface area contributed by atoms with Crippen LogP contribution < -0.4 is 0 Å². The van der Waals surface area contributed by atoms with Crippen molar-refractivity contribution in [2.75, 3.05) is 20.6 Å². The third kappa shape index (κ3) is 2.72. The predicted molar refractivity (Wildman–Crippen MR) is 79.7 cm³/mol. The highest BCUT2D eigenvalue weighted by Crippen LogP contribution is 2.21. The van der Waals surface area contributed by atoms with Crippen molar-refractivity contribution in [3.63, 3.8) is 0 Å². The highest BCUT2D eigenvalue weighted by atomic mass is 15.3. The number of likely N-dealkylation sites (N-methyl/N-ethyl adjacent to an activating group) is 1. The lowest BCUT2D eigenvalue weighted by Crippen LogP contribution is -2.14. The summed E-state index contributed by atoms with van der Waals surface area (Å²) < 4.78 is 24.0. The molecule has 5 nitrogen and oxygen atoms in total. The minimum Gasteiger partial charge on any atom is -0.361 e. The van der Waals surface area contributed by atoms with E-state index in [2.05, 4.69) is 27.2 Å². The molecule has 20 heavy (non-hydrogen) atoms. The highest BCUT2D eigenvalue weighted by molar-refractivity contribution is 5.83. The number of hydrogen-bond acceptors (Lipinski definition) is 3. The van der Waals surface area contributed by atoms with Gasteiger partial charge in [-0.2, -0.15) is 5.10 Å². The van der Waals surface area contributed by atoms with Crippen LogP contribution in [0.15, 0.2) is 37.1 Å². The van der Waals surface area contributed by atoms with Crippen LogP contribution in [0.3, 0.4) is 0 Å². The molecule has 0 saturated carbocycles. The van der Waals surface area contributed by atoms with Gasteiger partial charge in [0.2, 0.25) is 0 Å². The summed E-state index contributed by atoms with van der Waals surface area (Å²) in [5, 5.41) is 5.24. The van der Waals surface area contributed by atoms with Crippen LogP contribution in [-0.4, -0.2) is 45.2 Å². The van der Waals surface area contributed by atoms with Crippen molar-refractivity contribution < 1.29 is 4.11 Å². The molecular weight excluding hydrogens is 250 g/mol. The Morgan fingerprint density at radius 1 is 1.45 bits per heavy atom. The molecule has 0 fully saturated rings. The maximum atomic E-state index is 7.41.